The molecular formula is C14H14N2O5. The summed E-state index contributed by atoms with van der Waals surface area (Å²) in [5.41, 5.74) is 5.49. The number of benzene rings is 1. The lowest BCUT2D eigenvalue weighted by Crippen LogP contribution is -2.47. The third kappa shape index (κ3) is 2.62. The summed E-state index contributed by atoms with van der Waals surface area (Å²) in [6.07, 6.45) is -0.468. The molecule has 1 aliphatic heterocycles. The van der Waals surface area contributed by atoms with Gasteiger partial charge in [0.1, 0.15) is 6.04 Å². The maximum Gasteiger partial charge on any atom is 0.329 e. The molecule has 0 saturated carbocycles. The van der Waals surface area contributed by atoms with Crippen LogP contribution in [-0.4, -0.2) is 41.2 Å². The molecule has 0 fully saturated rings. The summed E-state index contributed by atoms with van der Waals surface area (Å²) in [5.74, 6) is -2.89. The van der Waals surface area contributed by atoms with Crippen LogP contribution < -0.4 is 5.73 Å². The highest BCUT2D eigenvalue weighted by molar-refractivity contribution is 6.22. The summed E-state index contributed by atoms with van der Waals surface area (Å²) in [6.45, 7) is 1.65. The van der Waals surface area contributed by atoms with Gasteiger partial charge in [0.25, 0.3) is 11.8 Å². The second-order valence-electron chi connectivity index (χ2n) is 4.46. The second kappa shape index (κ2) is 5.74. The lowest BCUT2D eigenvalue weighted by molar-refractivity contribution is -0.149. The number of carbonyl (C=O) groups excluding carboxylic acids is 4. The number of imide groups is 1. The summed E-state index contributed by atoms with van der Waals surface area (Å²) in [7, 11) is 0. The quantitative estimate of drug-likeness (QED) is 0.611. The Labute approximate surface area is 120 Å². The van der Waals surface area contributed by atoms with Crippen LogP contribution in [0.1, 0.15) is 34.1 Å². The molecule has 110 valence electrons. The lowest BCUT2D eigenvalue weighted by atomic mass is 10.1. The van der Waals surface area contributed by atoms with E-state index in [1.165, 1.54) is 12.1 Å². The van der Waals surface area contributed by atoms with Crippen LogP contribution >= 0.6 is 0 Å². The summed E-state index contributed by atoms with van der Waals surface area (Å²) >= 11 is 0. The standard InChI is InChI=1S/C14H14N2O5/c1-2-21-14(20)10(7-11(15)17)16-12(18)8-5-3-4-6-9(8)13(16)19/h3-6,10H,2,7H2,1H3,(H2,15,17). The fourth-order valence-electron chi connectivity index (χ4n) is 2.20. The minimum absolute atomic E-state index is 0.0667. The van der Waals surface area contributed by atoms with Gasteiger partial charge in [-0.05, 0) is 19.1 Å². The molecule has 0 saturated heterocycles. The molecule has 0 bridgehead atoms. The Morgan fingerprint density at radius 1 is 1.19 bits per heavy atom. The maximum absolute atomic E-state index is 12.3. The van der Waals surface area contributed by atoms with Crippen LogP contribution in [-0.2, 0) is 14.3 Å². The molecule has 3 amide bonds. The number of hydrogen-bond acceptors (Lipinski definition) is 5. The number of ether oxygens (including phenoxy) is 1. The van der Waals surface area contributed by atoms with Crippen molar-refractivity contribution in [1.29, 1.82) is 0 Å². The number of rotatable bonds is 5. The normalized spacial score (nSPS) is 14.8. The van der Waals surface area contributed by atoms with E-state index >= 15 is 0 Å². The van der Waals surface area contributed by atoms with E-state index < -0.39 is 36.2 Å². The predicted molar refractivity (Wildman–Crippen MR) is 71.2 cm³/mol. The fraction of sp³-hybridized carbons (Fsp3) is 0.286. The van der Waals surface area contributed by atoms with Crippen LogP contribution in [0.3, 0.4) is 0 Å². The van der Waals surface area contributed by atoms with Gasteiger partial charge in [-0.2, -0.15) is 0 Å². The van der Waals surface area contributed by atoms with E-state index in [1.54, 1.807) is 19.1 Å². The number of nitrogens with zero attached hydrogens (tertiary/aromatic N) is 1. The van der Waals surface area contributed by atoms with Gasteiger partial charge in [0.2, 0.25) is 5.91 Å². The number of hydrogen-bond donors (Lipinski definition) is 1. The minimum Gasteiger partial charge on any atom is -0.464 e. The van der Waals surface area contributed by atoms with Crippen LogP contribution in [0, 0.1) is 0 Å². The third-order valence-corrected chi connectivity index (χ3v) is 3.09. The van der Waals surface area contributed by atoms with E-state index in [0.29, 0.717) is 0 Å². The lowest BCUT2D eigenvalue weighted by Gasteiger charge is -2.23. The molecule has 1 atom stereocenters. The summed E-state index contributed by atoms with van der Waals surface area (Å²) < 4.78 is 4.82. The number of nitrogens with two attached hydrogens (primary N) is 1. The molecule has 2 N–H and O–H groups in total. The zero-order valence-corrected chi connectivity index (χ0v) is 11.4. The topological polar surface area (TPSA) is 107 Å². The second-order valence-corrected chi connectivity index (χ2v) is 4.46. The van der Waals surface area contributed by atoms with Gasteiger partial charge in [-0.25, -0.2) is 4.79 Å². The van der Waals surface area contributed by atoms with Gasteiger partial charge in [0, 0.05) is 0 Å². The van der Waals surface area contributed by atoms with E-state index in [4.69, 9.17) is 10.5 Å². The first kappa shape index (κ1) is 14.7. The van der Waals surface area contributed by atoms with Crippen LogP contribution in [0.4, 0.5) is 0 Å². The van der Waals surface area contributed by atoms with Gasteiger partial charge in [-0.1, -0.05) is 12.1 Å². The molecule has 1 heterocycles. The number of primary amides is 1. The van der Waals surface area contributed by atoms with Crippen molar-refractivity contribution < 1.29 is 23.9 Å². The van der Waals surface area contributed by atoms with Crippen LogP contribution in [0.15, 0.2) is 24.3 Å². The number of fused-ring (bicyclic) bond motifs is 1. The SMILES string of the molecule is CCOC(=O)C(CC(N)=O)N1C(=O)c2ccccc2C1=O. The summed E-state index contributed by atoms with van der Waals surface area (Å²) in [5, 5.41) is 0. The molecule has 7 heteroatoms. The highest BCUT2D eigenvalue weighted by atomic mass is 16.5. The van der Waals surface area contributed by atoms with Gasteiger partial charge < -0.3 is 10.5 Å². The van der Waals surface area contributed by atoms with E-state index in [1.807, 2.05) is 0 Å². The number of esters is 1. The Bertz CT molecular complexity index is 591. The van der Waals surface area contributed by atoms with Crippen molar-refractivity contribution in [3.8, 4) is 0 Å². The van der Waals surface area contributed by atoms with Crippen molar-refractivity contribution in [2.75, 3.05) is 6.61 Å². The molecule has 0 aromatic heterocycles. The zero-order valence-electron chi connectivity index (χ0n) is 11.4. The van der Waals surface area contributed by atoms with Gasteiger partial charge in [-0.3, -0.25) is 19.3 Å². The first-order chi connectivity index (χ1) is 9.97. The Morgan fingerprint density at radius 2 is 1.71 bits per heavy atom. The highest BCUT2D eigenvalue weighted by Gasteiger charge is 2.43. The maximum atomic E-state index is 12.3. The van der Waals surface area contributed by atoms with Gasteiger partial charge in [0.05, 0.1) is 24.2 Å². The molecule has 1 aliphatic rings. The monoisotopic (exact) mass is 290 g/mol. The fourth-order valence-corrected chi connectivity index (χ4v) is 2.20. The number of carbonyl (C=O) groups is 4. The molecule has 2 rings (SSSR count). The molecule has 7 nitrogen and oxygen atoms in total. The smallest absolute Gasteiger partial charge is 0.329 e. The molecule has 0 aliphatic carbocycles. The first-order valence-electron chi connectivity index (χ1n) is 6.39. The average Bonchev–Trinajstić information content (AvgIpc) is 2.69. The molecule has 0 radical (unpaired) electrons. The molecule has 1 aromatic rings. The van der Waals surface area contributed by atoms with Gasteiger partial charge >= 0.3 is 5.97 Å². The van der Waals surface area contributed by atoms with Gasteiger partial charge in [-0.15, -0.1) is 0 Å². The average molecular weight is 290 g/mol. The Balaban J connectivity index is 2.38. The zero-order chi connectivity index (χ0) is 15.6. The largest absolute Gasteiger partial charge is 0.464 e. The van der Waals surface area contributed by atoms with E-state index in [2.05, 4.69) is 0 Å². The molecule has 21 heavy (non-hydrogen) atoms. The van der Waals surface area contributed by atoms with Crippen LogP contribution in [0.5, 0.6) is 0 Å². The summed E-state index contributed by atoms with van der Waals surface area (Å²) in [6, 6.07) is 4.86. The van der Waals surface area contributed by atoms with Crippen molar-refractivity contribution in [3.63, 3.8) is 0 Å². The van der Waals surface area contributed by atoms with Crippen LogP contribution in [0.25, 0.3) is 0 Å². The third-order valence-electron chi connectivity index (χ3n) is 3.09. The minimum atomic E-state index is -1.34. The van der Waals surface area contributed by atoms with Crippen molar-refractivity contribution >= 4 is 23.7 Å². The van der Waals surface area contributed by atoms with Gasteiger partial charge in [0.15, 0.2) is 0 Å². The molecule has 0 spiro atoms. The Morgan fingerprint density at radius 3 is 2.14 bits per heavy atom. The Hall–Kier alpha value is -2.70. The van der Waals surface area contributed by atoms with E-state index in [-0.39, 0.29) is 17.7 Å². The molecule has 1 aromatic carbocycles. The van der Waals surface area contributed by atoms with Crippen molar-refractivity contribution in [2.24, 2.45) is 5.73 Å². The van der Waals surface area contributed by atoms with Crippen LogP contribution in [0.2, 0.25) is 0 Å². The highest BCUT2D eigenvalue weighted by Crippen LogP contribution is 2.26. The predicted octanol–water partition coefficient (Wildman–Crippen LogP) is 0.0897. The van der Waals surface area contributed by atoms with Crippen molar-refractivity contribution in [3.05, 3.63) is 35.4 Å². The van der Waals surface area contributed by atoms with E-state index in [0.717, 1.165) is 4.90 Å². The summed E-state index contributed by atoms with van der Waals surface area (Å²) in [4.78, 5) is 48.4. The number of amides is 3. The molecule has 1 unspecified atom stereocenters. The first-order valence-corrected chi connectivity index (χ1v) is 6.39. The van der Waals surface area contributed by atoms with Crippen molar-refractivity contribution in [1.82, 2.24) is 4.90 Å². The van der Waals surface area contributed by atoms with Crippen molar-refractivity contribution in [2.45, 2.75) is 19.4 Å². The molecular weight excluding hydrogens is 276 g/mol. The Kier molecular flexibility index (Phi) is 4.02. The van der Waals surface area contributed by atoms with E-state index in [9.17, 15) is 19.2 Å².